The second kappa shape index (κ2) is 12.1. The molecule has 0 amide bonds. The first kappa shape index (κ1) is 24.4. The fourth-order valence-electron chi connectivity index (χ4n) is 3.80. The zero-order valence-corrected chi connectivity index (χ0v) is 19.4. The van der Waals surface area contributed by atoms with E-state index >= 15 is 0 Å². The van der Waals surface area contributed by atoms with Gasteiger partial charge >= 0.3 is 0 Å². The number of nitrogens with one attached hydrogen (secondary N) is 1. The first-order valence-corrected chi connectivity index (χ1v) is 11.2. The van der Waals surface area contributed by atoms with E-state index in [0.717, 1.165) is 52.0 Å². The Morgan fingerprint density at radius 1 is 1.20 bits per heavy atom. The average Bonchev–Trinajstić information content (AvgIpc) is 3.12. The van der Waals surface area contributed by atoms with Crippen LogP contribution in [0.5, 0.6) is 0 Å². The Kier molecular flexibility index (Phi) is 9.83. The van der Waals surface area contributed by atoms with Crippen LogP contribution in [0.15, 0.2) is 55.3 Å². The Labute approximate surface area is 183 Å². The van der Waals surface area contributed by atoms with E-state index in [9.17, 15) is 5.11 Å². The number of benzene rings is 1. The SMILES string of the molecule is C=CCC[C@@H](O)C[NH+](CCCOC)Cc1cccn1Cc1ccc(C(C)(C)C)cc1. The minimum absolute atomic E-state index is 0.176. The number of quaternary nitrogens is 1. The fourth-order valence-corrected chi connectivity index (χ4v) is 3.80. The Hall–Kier alpha value is -1.88. The molecular formula is C26H41N2O2+. The van der Waals surface area contributed by atoms with Crippen LogP contribution >= 0.6 is 0 Å². The first-order valence-electron chi connectivity index (χ1n) is 11.2. The number of ether oxygens (including phenoxy) is 1. The van der Waals surface area contributed by atoms with Gasteiger partial charge in [-0.25, -0.2) is 0 Å². The van der Waals surface area contributed by atoms with E-state index in [4.69, 9.17) is 4.74 Å². The summed E-state index contributed by atoms with van der Waals surface area (Å²) in [5.41, 5.74) is 4.15. The lowest BCUT2D eigenvalue weighted by molar-refractivity contribution is -0.917. The highest BCUT2D eigenvalue weighted by atomic mass is 16.5. The molecule has 2 N–H and O–H groups in total. The third-order valence-corrected chi connectivity index (χ3v) is 5.63. The van der Waals surface area contributed by atoms with Crippen molar-refractivity contribution >= 4 is 0 Å². The van der Waals surface area contributed by atoms with Crippen molar-refractivity contribution in [2.75, 3.05) is 26.8 Å². The number of rotatable bonds is 13. The molecule has 30 heavy (non-hydrogen) atoms. The van der Waals surface area contributed by atoms with E-state index in [-0.39, 0.29) is 11.5 Å². The summed E-state index contributed by atoms with van der Waals surface area (Å²) in [7, 11) is 1.74. The van der Waals surface area contributed by atoms with Gasteiger partial charge in [-0.2, -0.15) is 0 Å². The molecule has 2 aromatic rings. The minimum Gasteiger partial charge on any atom is -0.387 e. The summed E-state index contributed by atoms with van der Waals surface area (Å²) in [6.45, 7) is 14.8. The van der Waals surface area contributed by atoms with Gasteiger partial charge in [0.1, 0.15) is 19.2 Å². The molecule has 0 aliphatic heterocycles. The van der Waals surface area contributed by atoms with E-state index in [1.165, 1.54) is 21.7 Å². The molecule has 0 radical (unpaired) electrons. The standard InChI is InChI=1S/C26H40N2O2/c1-6-7-11-25(29)21-27(16-9-18-30-5)20-24-10-8-17-28(24)19-22-12-14-23(15-13-22)26(2,3)4/h6,8,10,12-15,17,25,29H,1,7,9,11,16,18-21H2,2-5H3/p+1/t25-/m1/s1. The monoisotopic (exact) mass is 413 g/mol. The van der Waals surface area contributed by atoms with Crippen molar-refractivity contribution < 1.29 is 14.7 Å². The molecular weight excluding hydrogens is 372 g/mol. The van der Waals surface area contributed by atoms with Crippen LogP contribution in [0.2, 0.25) is 0 Å². The number of hydrogen-bond donors (Lipinski definition) is 2. The van der Waals surface area contributed by atoms with Gasteiger partial charge in [0.15, 0.2) is 0 Å². The molecule has 0 aliphatic carbocycles. The van der Waals surface area contributed by atoms with Gasteiger partial charge in [0.25, 0.3) is 0 Å². The third-order valence-electron chi connectivity index (χ3n) is 5.63. The van der Waals surface area contributed by atoms with Crippen molar-refractivity contribution in [2.24, 2.45) is 0 Å². The molecule has 4 nitrogen and oxygen atoms in total. The van der Waals surface area contributed by atoms with E-state index in [1.807, 2.05) is 6.08 Å². The molecule has 0 saturated heterocycles. The van der Waals surface area contributed by atoms with Crippen molar-refractivity contribution in [2.45, 2.75) is 64.6 Å². The van der Waals surface area contributed by atoms with Crippen LogP contribution in [0.25, 0.3) is 0 Å². The molecule has 0 aliphatic rings. The Balaban J connectivity index is 2.04. The van der Waals surface area contributed by atoms with Crippen molar-refractivity contribution in [3.05, 3.63) is 72.1 Å². The molecule has 1 aromatic carbocycles. The zero-order valence-electron chi connectivity index (χ0n) is 19.4. The number of methoxy groups -OCH3 is 1. The second-order valence-corrected chi connectivity index (χ2v) is 9.32. The van der Waals surface area contributed by atoms with Gasteiger partial charge in [-0.15, -0.1) is 6.58 Å². The molecule has 0 bridgehead atoms. The number of nitrogens with zero attached hydrogens (tertiary/aromatic N) is 1. The summed E-state index contributed by atoms with van der Waals surface area (Å²) in [6.07, 6.45) is 6.37. The van der Waals surface area contributed by atoms with Crippen molar-refractivity contribution in [1.29, 1.82) is 0 Å². The molecule has 1 unspecified atom stereocenters. The highest BCUT2D eigenvalue weighted by Gasteiger charge is 2.17. The first-order chi connectivity index (χ1) is 14.3. The predicted octanol–water partition coefficient (Wildman–Crippen LogP) is 3.58. The topological polar surface area (TPSA) is 38.8 Å². The lowest BCUT2D eigenvalue weighted by Gasteiger charge is -2.23. The number of aliphatic hydroxyl groups is 1. The average molecular weight is 414 g/mol. The minimum atomic E-state index is -0.297. The van der Waals surface area contributed by atoms with Crippen LogP contribution in [-0.2, 0) is 23.2 Å². The molecule has 166 valence electrons. The van der Waals surface area contributed by atoms with Crippen LogP contribution in [0.1, 0.15) is 56.9 Å². The Bertz CT molecular complexity index is 743. The largest absolute Gasteiger partial charge is 0.387 e. The van der Waals surface area contributed by atoms with Crippen LogP contribution in [0.4, 0.5) is 0 Å². The lowest BCUT2D eigenvalue weighted by atomic mass is 9.87. The molecule has 0 spiro atoms. The molecule has 4 heteroatoms. The molecule has 0 fully saturated rings. The van der Waals surface area contributed by atoms with Crippen LogP contribution in [-0.4, -0.2) is 42.6 Å². The lowest BCUT2D eigenvalue weighted by Crippen LogP contribution is -3.12. The Morgan fingerprint density at radius 3 is 2.57 bits per heavy atom. The number of aliphatic hydroxyl groups excluding tert-OH is 1. The summed E-state index contributed by atoms with van der Waals surface area (Å²) in [4.78, 5) is 1.40. The van der Waals surface area contributed by atoms with Gasteiger partial charge in [-0.3, -0.25) is 0 Å². The van der Waals surface area contributed by atoms with Crippen molar-refractivity contribution in [3.8, 4) is 0 Å². The van der Waals surface area contributed by atoms with Gasteiger partial charge in [-0.1, -0.05) is 51.1 Å². The van der Waals surface area contributed by atoms with Crippen LogP contribution < -0.4 is 4.90 Å². The maximum atomic E-state index is 10.4. The van der Waals surface area contributed by atoms with Crippen LogP contribution in [0, 0.1) is 0 Å². The van der Waals surface area contributed by atoms with Gasteiger partial charge in [0.05, 0.1) is 18.8 Å². The predicted molar refractivity (Wildman–Crippen MR) is 125 cm³/mol. The molecule has 1 aromatic heterocycles. The summed E-state index contributed by atoms with van der Waals surface area (Å²) in [6, 6.07) is 13.3. The quantitative estimate of drug-likeness (QED) is 0.389. The van der Waals surface area contributed by atoms with Gasteiger partial charge in [-0.05, 0) is 41.5 Å². The number of hydrogen-bond acceptors (Lipinski definition) is 2. The van der Waals surface area contributed by atoms with E-state index in [1.54, 1.807) is 7.11 Å². The second-order valence-electron chi connectivity index (χ2n) is 9.32. The van der Waals surface area contributed by atoms with Crippen LogP contribution in [0.3, 0.4) is 0 Å². The summed E-state index contributed by atoms with van der Waals surface area (Å²) < 4.78 is 7.57. The maximum Gasteiger partial charge on any atom is 0.118 e. The maximum absolute atomic E-state index is 10.4. The summed E-state index contributed by atoms with van der Waals surface area (Å²) in [5, 5.41) is 10.4. The smallest absolute Gasteiger partial charge is 0.118 e. The zero-order chi connectivity index (χ0) is 22.0. The van der Waals surface area contributed by atoms with E-state index < -0.39 is 0 Å². The highest BCUT2D eigenvalue weighted by molar-refractivity contribution is 5.28. The van der Waals surface area contributed by atoms with Crippen molar-refractivity contribution in [1.82, 2.24) is 4.57 Å². The van der Waals surface area contributed by atoms with Gasteiger partial charge in [0.2, 0.25) is 0 Å². The van der Waals surface area contributed by atoms with Gasteiger partial charge < -0.3 is 19.3 Å². The molecule has 0 saturated carbocycles. The van der Waals surface area contributed by atoms with E-state index in [2.05, 4.69) is 74.5 Å². The third kappa shape index (κ3) is 8.10. The Morgan fingerprint density at radius 2 is 1.93 bits per heavy atom. The fraction of sp³-hybridized carbons (Fsp3) is 0.538. The summed E-state index contributed by atoms with van der Waals surface area (Å²) >= 11 is 0. The molecule has 2 atom stereocenters. The summed E-state index contributed by atoms with van der Waals surface area (Å²) in [5.74, 6) is 0. The molecule has 2 rings (SSSR count). The molecule has 1 heterocycles. The van der Waals surface area contributed by atoms with E-state index in [0.29, 0.717) is 0 Å². The van der Waals surface area contributed by atoms with Gasteiger partial charge in [0, 0.05) is 26.3 Å². The highest BCUT2D eigenvalue weighted by Crippen LogP contribution is 2.22. The normalized spacial score (nSPS) is 13.9. The number of aromatic nitrogens is 1. The number of allylic oxidation sites excluding steroid dienone is 1. The van der Waals surface area contributed by atoms with Crippen molar-refractivity contribution in [3.63, 3.8) is 0 Å².